The van der Waals surface area contributed by atoms with Gasteiger partial charge in [-0.05, 0) is 50.7 Å². The van der Waals surface area contributed by atoms with Crippen LogP contribution in [-0.4, -0.2) is 8.80 Å². The van der Waals surface area contributed by atoms with Crippen LogP contribution in [0.25, 0.3) is 0 Å². The van der Waals surface area contributed by atoms with Crippen molar-refractivity contribution < 1.29 is 0 Å². The highest BCUT2D eigenvalue weighted by molar-refractivity contribution is 6.90. The maximum atomic E-state index is 2.72. The highest BCUT2D eigenvalue weighted by Crippen LogP contribution is 2.58. The number of aryl methyl sites for hydroxylation is 2. The van der Waals surface area contributed by atoms with Crippen molar-refractivity contribution >= 4 is 19.2 Å². The normalized spacial score (nSPS) is 20.6. The maximum Gasteiger partial charge on any atom is 0.141 e. The third-order valence-electron chi connectivity index (χ3n) is 7.21. The van der Waals surface area contributed by atoms with Crippen molar-refractivity contribution in [2.45, 2.75) is 65.3 Å². The van der Waals surface area contributed by atoms with Gasteiger partial charge in [0, 0.05) is 5.04 Å². The number of benzene rings is 2. The number of hydrogen-bond acceptors (Lipinski definition) is 0. The van der Waals surface area contributed by atoms with E-state index in [1.807, 2.05) is 0 Å². The number of rotatable bonds is 7. The van der Waals surface area contributed by atoms with Crippen molar-refractivity contribution in [2.24, 2.45) is 0 Å². The van der Waals surface area contributed by atoms with E-state index >= 15 is 0 Å². The molecule has 2 aliphatic rings. The van der Waals surface area contributed by atoms with E-state index in [1.54, 1.807) is 32.7 Å². The van der Waals surface area contributed by atoms with Crippen LogP contribution in [0.15, 0.2) is 95.1 Å². The zero-order chi connectivity index (χ0) is 22.0. The van der Waals surface area contributed by atoms with Gasteiger partial charge in [-0.1, -0.05) is 126 Å². The minimum atomic E-state index is -1.17. The van der Waals surface area contributed by atoms with Gasteiger partial charge >= 0.3 is 0 Å². The summed E-state index contributed by atoms with van der Waals surface area (Å²) in [4.78, 5) is 0. The molecule has 1 radical (unpaired) electrons. The monoisotopic (exact) mass is 423 g/mol. The lowest BCUT2D eigenvalue weighted by Gasteiger charge is -2.41. The maximum absolute atomic E-state index is 2.72. The lowest BCUT2D eigenvalue weighted by Crippen LogP contribution is -2.54. The van der Waals surface area contributed by atoms with E-state index in [1.165, 1.54) is 11.1 Å². The van der Waals surface area contributed by atoms with Crippen LogP contribution in [-0.2, 0) is 0 Å². The summed E-state index contributed by atoms with van der Waals surface area (Å²) >= 11 is 0. The second-order valence-electron chi connectivity index (χ2n) is 8.82. The zero-order valence-electron chi connectivity index (χ0n) is 19.8. The van der Waals surface area contributed by atoms with Crippen LogP contribution in [0.3, 0.4) is 0 Å². The van der Waals surface area contributed by atoms with Crippen molar-refractivity contribution in [3.63, 3.8) is 0 Å². The minimum Gasteiger partial charge on any atom is -0.0804 e. The smallest absolute Gasteiger partial charge is 0.0804 e. The second-order valence-corrected chi connectivity index (χ2v) is 11.4. The molecular weight excluding hydrogens is 388 g/mol. The molecule has 2 aliphatic carbocycles. The summed E-state index contributed by atoms with van der Waals surface area (Å²) in [6, 6.07) is 18.3. The lowest BCUT2D eigenvalue weighted by molar-refractivity contribution is 0.827. The highest BCUT2D eigenvalue weighted by atomic mass is 28.3. The van der Waals surface area contributed by atoms with Gasteiger partial charge < -0.3 is 0 Å². The molecule has 0 nitrogen and oxygen atoms in total. The van der Waals surface area contributed by atoms with E-state index in [0.717, 1.165) is 25.7 Å². The third-order valence-corrected chi connectivity index (χ3v) is 11.0. The van der Waals surface area contributed by atoms with Gasteiger partial charge in [-0.3, -0.25) is 0 Å². The molecular formula is C30H35Si. The van der Waals surface area contributed by atoms with Gasteiger partial charge in [0.25, 0.3) is 0 Å². The van der Waals surface area contributed by atoms with E-state index in [9.17, 15) is 0 Å². The molecule has 0 heterocycles. The van der Waals surface area contributed by atoms with Gasteiger partial charge in [-0.15, -0.1) is 0 Å². The number of hydrogen-bond donors (Lipinski definition) is 0. The Balaban J connectivity index is 2.11. The molecule has 0 spiro atoms. The Morgan fingerprint density at radius 3 is 1.87 bits per heavy atom. The molecule has 1 heteroatoms. The summed E-state index contributed by atoms with van der Waals surface area (Å²) in [6.45, 7) is 11.7. The second kappa shape index (κ2) is 9.00. The van der Waals surface area contributed by atoms with Crippen LogP contribution in [0, 0.1) is 13.8 Å². The summed E-state index contributed by atoms with van der Waals surface area (Å²) < 4.78 is 0. The summed E-state index contributed by atoms with van der Waals surface area (Å²) in [6.07, 6.45) is 14.2. The zero-order valence-corrected chi connectivity index (χ0v) is 20.8. The average Bonchev–Trinajstić information content (AvgIpc) is 3.43. The SMILES string of the molecule is CCC1=CC(C2=CC=CC2)([Si](c2ccccc2C)c2ccccc2C)C(CC)=C1CC. The molecule has 0 amide bonds. The Hall–Kier alpha value is -2.38. The van der Waals surface area contributed by atoms with Gasteiger partial charge in [0.1, 0.15) is 8.80 Å². The Morgan fingerprint density at radius 2 is 1.42 bits per heavy atom. The molecule has 0 bridgehead atoms. The molecule has 0 aromatic heterocycles. The van der Waals surface area contributed by atoms with Crippen molar-refractivity contribution in [1.82, 2.24) is 0 Å². The Kier molecular flexibility index (Phi) is 6.34. The Bertz CT molecular complexity index is 1050. The van der Waals surface area contributed by atoms with Crippen molar-refractivity contribution in [1.29, 1.82) is 0 Å². The molecule has 1 unspecified atom stereocenters. The Morgan fingerprint density at radius 1 is 0.806 bits per heavy atom. The predicted octanol–water partition coefficient (Wildman–Crippen LogP) is 7.01. The van der Waals surface area contributed by atoms with Crippen LogP contribution in [0.2, 0.25) is 5.04 Å². The number of allylic oxidation sites excluding steroid dienone is 8. The molecule has 4 rings (SSSR count). The van der Waals surface area contributed by atoms with E-state index < -0.39 is 8.80 Å². The van der Waals surface area contributed by atoms with Crippen LogP contribution < -0.4 is 10.4 Å². The first kappa shape index (κ1) is 21.8. The average molecular weight is 424 g/mol. The van der Waals surface area contributed by atoms with Gasteiger partial charge in [0.2, 0.25) is 0 Å². The predicted molar refractivity (Wildman–Crippen MR) is 138 cm³/mol. The van der Waals surface area contributed by atoms with Crippen LogP contribution in [0.5, 0.6) is 0 Å². The van der Waals surface area contributed by atoms with Crippen LogP contribution in [0.4, 0.5) is 0 Å². The molecule has 0 saturated heterocycles. The van der Waals surface area contributed by atoms with Gasteiger partial charge in [0.05, 0.1) is 0 Å². The van der Waals surface area contributed by atoms with Crippen LogP contribution >= 0.6 is 0 Å². The quantitative estimate of drug-likeness (QED) is 0.420. The minimum absolute atomic E-state index is 0.0117. The fourth-order valence-electron chi connectivity index (χ4n) is 5.80. The molecule has 2 aromatic rings. The van der Waals surface area contributed by atoms with Crippen molar-refractivity contribution in [3.05, 3.63) is 106 Å². The Labute approximate surface area is 190 Å². The summed E-state index contributed by atoms with van der Waals surface area (Å²) in [7, 11) is -1.17. The third kappa shape index (κ3) is 3.53. The largest absolute Gasteiger partial charge is 0.141 e. The molecule has 31 heavy (non-hydrogen) atoms. The van der Waals surface area contributed by atoms with Gasteiger partial charge in [0.15, 0.2) is 0 Å². The topological polar surface area (TPSA) is 0 Å². The van der Waals surface area contributed by atoms with E-state index in [2.05, 4.69) is 107 Å². The van der Waals surface area contributed by atoms with E-state index in [0.29, 0.717) is 0 Å². The molecule has 0 N–H and O–H groups in total. The molecule has 2 aromatic carbocycles. The highest BCUT2D eigenvalue weighted by Gasteiger charge is 2.50. The molecule has 0 saturated carbocycles. The fourth-order valence-corrected chi connectivity index (χ4v) is 9.88. The van der Waals surface area contributed by atoms with Crippen LogP contribution in [0.1, 0.15) is 57.6 Å². The van der Waals surface area contributed by atoms with Crippen molar-refractivity contribution in [2.75, 3.05) is 0 Å². The first-order valence-electron chi connectivity index (χ1n) is 11.9. The molecule has 0 aliphatic heterocycles. The van der Waals surface area contributed by atoms with Gasteiger partial charge in [-0.2, -0.15) is 0 Å². The van der Waals surface area contributed by atoms with E-state index in [-0.39, 0.29) is 5.04 Å². The molecule has 1 atom stereocenters. The van der Waals surface area contributed by atoms with Crippen molar-refractivity contribution in [3.8, 4) is 0 Å². The summed E-state index contributed by atoms with van der Waals surface area (Å²) in [5.41, 5.74) is 9.34. The lowest BCUT2D eigenvalue weighted by atomic mass is 9.88. The molecule has 0 fully saturated rings. The van der Waals surface area contributed by atoms with E-state index in [4.69, 9.17) is 0 Å². The molecule has 159 valence electrons. The summed E-state index contributed by atoms with van der Waals surface area (Å²) in [5.74, 6) is 0. The first-order valence-corrected chi connectivity index (χ1v) is 13.4. The fraction of sp³-hybridized carbons (Fsp3) is 0.333. The summed E-state index contributed by atoms with van der Waals surface area (Å²) in [5, 5.41) is 3.13. The standard InChI is InChI=1S/C30H35Si/c1-6-24-21-30(25-17-11-12-18-25,27(8-3)26(24)7-2)31(28-19-13-9-15-22(28)4)29-20-14-10-16-23(29)5/h9-17,19-21H,6-8,18H2,1-5H3. The van der Waals surface area contributed by atoms with Gasteiger partial charge in [-0.25, -0.2) is 0 Å². The first-order chi connectivity index (χ1) is 15.1.